The van der Waals surface area contributed by atoms with E-state index in [1.165, 1.54) is 0 Å². The Kier molecular flexibility index (Phi) is 4.01. The summed E-state index contributed by atoms with van der Waals surface area (Å²) >= 11 is 0. The summed E-state index contributed by atoms with van der Waals surface area (Å²) in [7, 11) is 0. The zero-order valence-corrected chi connectivity index (χ0v) is 11.0. The molecule has 2 N–H and O–H groups in total. The van der Waals surface area contributed by atoms with Gasteiger partial charge in [-0.15, -0.1) is 0 Å². The molecule has 1 aliphatic heterocycles. The van der Waals surface area contributed by atoms with Crippen LogP contribution in [0.3, 0.4) is 0 Å². The zero-order chi connectivity index (χ0) is 13.2. The predicted molar refractivity (Wildman–Crippen MR) is 64.3 cm³/mol. The fourth-order valence-corrected chi connectivity index (χ4v) is 2.06. The monoisotopic (exact) mass is 242 g/mol. The second kappa shape index (κ2) is 4.94. The number of nitrogens with zero attached hydrogens (tertiary/aromatic N) is 1. The first-order valence-corrected chi connectivity index (χ1v) is 5.98. The number of ether oxygens (including phenoxy) is 1. The highest BCUT2D eigenvalue weighted by Gasteiger charge is 2.33. The van der Waals surface area contributed by atoms with E-state index in [1.807, 2.05) is 27.7 Å². The van der Waals surface area contributed by atoms with Crippen molar-refractivity contribution in [1.29, 1.82) is 0 Å². The van der Waals surface area contributed by atoms with Gasteiger partial charge >= 0.3 is 6.09 Å². The molecule has 2 amide bonds. The van der Waals surface area contributed by atoms with Crippen LogP contribution < -0.4 is 5.73 Å². The number of hydrogen-bond donors (Lipinski definition) is 1. The summed E-state index contributed by atoms with van der Waals surface area (Å²) in [6.45, 7) is 8.51. The Hall–Kier alpha value is -1.26. The Bertz CT molecular complexity index is 309. The van der Waals surface area contributed by atoms with E-state index in [-0.39, 0.29) is 23.8 Å². The average molecular weight is 242 g/mol. The predicted octanol–water partition coefficient (Wildman–Crippen LogP) is 1.36. The smallest absolute Gasteiger partial charge is 0.410 e. The Morgan fingerprint density at radius 1 is 1.35 bits per heavy atom. The lowest BCUT2D eigenvalue weighted by atomic mass is 9.86. The second-order valence-corrected chi connectivity index (χ2v) is 5.70. The second-order valence-electron chi connectivity index (χ2n) is 5.70. The Labute approximate surface area is 102 Å². The maximum atomic E-state index is 11.8. The van der Waals surface area contributed by atoms with Gasteiger partial charge in [0.15, 0.2) is 0 Å². The van der Waals surface area contributed by atoms with Crippen LogP contribution in [0.15, 0.2) is 0 Å². The van der Waals surface area contributed by atoms with Gasteiger partial charge in [-0.3, -0.25) is 4.79 Å². The molecule has 2 unspecified atom stereocenters. The van der Waals surface area contributed by atoms with E-state index in [4.69, 9.17) is 10.5 Å². The van der Waals surface area contributed by atoms with Gasteiger partial charge in [-0.1, -0.05) is 6.92 Å². The van der Waals surface area contributed by atoms with Crippen LogP contribution in [0.2, 0.25) is 0 Å². The van der Waals surface area contributed by atoms with Crippen LogP contribution in [0.1, 0.15) is 34.1 Å². The van der Waals surface area contributed by atoms with Crippen LogP contribution >= 0.6 is 0 Å². The van der Waals surface area contributed by atoms with Gasteiger partial charge in [0, 0.05) is 19.0 Å². The average Bonchev–Trinajstić information content (AvgIpc) is 2.14. The topological polar surface area (TPSA) is 72.6 Å². The van der Waals surface area contributed by atoms with E-state index >= 15 is 0 Å². The lowest BCUT2D eigenvalue weighted by molar-refractivity contribution is -0.125. The highest BCUT2D eigenvalue weighted by Crippen LogP contribution is 2.24. The number of likely N-dealkylation sites (tertiary alicyclic amines) is 1. The van der Waals surface area contributed by atoms with E-state index in [1.54, 1.807) is 4.90 Å². The molecule has 5 heteroatoms. The van der Waals surface area contributed by atoms with Crippen molar-refractivity contribution in [3.05, 3.63) is 0 Å². The molecule has 0 aromatic rings. The molecule has 0 aromatic carbocycles. The number of carbonyl (C=O) groups excluding carboxylic acids is 2. The third-order valence-corrected chi connectivity index (χ3v) is 2.92. The van der Waals surface area contributed by atoms with Crippen molar-refractivity contribution < 1.29 is 14.3 Å². The first kappa shape index (κ1) is 13.8. The quantitative estimate of drug-likeness (QED) is 0.754. The SMILES string of the molecule is CC1CN(C(=O)OC(C)(C)C)CCC1C(N)=O. The maximum absolute atomic E-state index is 11.8. The normalized spacial score (nSPS) is 25.5. The third kappa shape index (κ3) is 3.91. The summed E-state index contributed by atoms with van der Waals surface area (Å²) in [5, 5.41) is 0. The molecule has 17 heavy (non-hydrogen) atoms. The number of carbonyl (C=O) groups is 2. The maximum Gasteiger partial charge on any atom is 0.410 e. The Morgan fingerprint density at radius 2 is 1.94 bits per heavy atom. The highest BCUT2D eigenvalue weighted by molar-refractivity contribution is 5.77. The van der Waals surface area contributed by atoms with Crippen molar-refractivity contribution in [2.45, 2.75) is 39.7 Å². The van der Waals surface area contributed by atoms with Crippen LogP contribution in [-0.2, 0) is 9.53 Å². The molecule has 0 saturated carbocycles. The summed E-state index contributed by atoms with van der Waals surface area (Å²) in [4.78, 5) is 24.6. The van der Waals surface area contributed by atoms with Crippen LogP contribution in [0.4, 0.5) is 4.79 Å². The summed E-state index contributed by atoms with van der Waals surface area (Å²) in [5.41, 5.74) is 4.82. The number of hydrogen-bond acceptors (Lipinski definition) is 3. The fraction of sp³-hybridized carbons (Fsp3) is 0.833. The molecule has 1 fully saturated rings. The Morgan fingerprint density at radius 3 is 2.35 bits per heavy atom. The minimum Gasteiger partial charge on any atom is -0.444 e. The van der Waals surface area contributed by atoms with Gasteiger partial charge in [0.2, 0.25) is 5.91 Å². The molecule has 0 bridgehead atoms. The van der Waals surface area contributed by atoms with Gasteiger partial charge in [-0.2, -0.15) is 0 Å². The van der Waals surface area contributed by atoms with Gasteiger partial charge in [-0.05, 0) is 33.1 Å². The first-order chi connectivity index (χ1) is 7.70. The molecule has 5 nitrogen and oxygen atoms in total. The third-order valence-electron chi connectivity index (χ3n) is 2.92. The molecule has 1 heterocycles. The molecular formula is C12H22N2O3. The minimum atomic E-state index is -0.485. The van der Waals surface area contributed by atoms with E-state index in [0.29, 0.717) is 19.5 Å². The number of amides is 2. The fourth-order valence-electron chi connectivity index (χ4n) is 2.06. The number of primary amides is 1. The van der Waals surface area contributed by atoms with Crippen molar-refractivity contribution in [2.75, 3.05) is 13.1 Å². The summed E-state index contributed by atoms with van der Waals surface area (Å²) < 4.78 is 5.29. The molecule has 0 aliphatic carbocycles. The molecule has 0 aromatic heterocycles. The van der Waals surface area contributed by atoms with Gasteiger partial charge in [0.05, 0.1) is 0 Å². The van der Waals surface area contributed by atoms with E-state index in [2.05, 4.69) is 0 Å². The molecular weight excluding hydrogens is 220 g/mol. The lowest BCUT2D eigenvalue weighted by Crippen LogP contribution is -2.47. The van der Waals surface area contributed by atoms with E-state index in [9.17, 15) is 9.59 Å². The number of rotatable bonds is 1. The standard InChI is InChI=1S/C12H22N2O3/c1-8-7-14(6-5-9(8)10(13)15)11(16)17-12(2,3)4/h8-9H,5-7H2,1-4H3,(H2,13,15). The van der Waals surface area contributed by atoms with Crippen LogP contribution in [0.25, 0.3) is 0 Å². The van der Waals surface area contributed by atoms with Crippen molar-refractivity contribution in [2.24, 2.45) is 17.6 Å². The van der Waals surface area contributed by atoms with Crippen LogP contribution in [-0.4, -0.2) is 35.6 Å². The molecule has 1 rings (SSSR count). The summed E-state index contributed by atoms with van der Waals surface area (Å²) in [6, 6.07) is 0. The van der Waals surface area contributed by atoms with Crippen LogP contribution in [0.5, 0.6) is 0 Å². The van der Waals surface area contributed by atoms with Gasteiger partial charge < -0.3 is 15.4 Å². The molecule has 0 radical (unpaired) electrons. The lowest BCUT2D eigenvalue weighted by Gasteiger charge is -2.36. The van der Waals surface area contributed by atoms with Crippen LogP contribution in [0, 0.1) is 11.8 Å². The largest absolute Gasteiger partial charge is 0.444 e. The zero-order valence-electron chi connectivity index (χ0n) is 11.0. The van der Waals surface area contributed by atoms with Gasteiger partial charge in [-0.25, -0.2) is 4.79 Å². The Balaban J connectivity index is 2.55. The van der Waals surface area contributed by atoms with E-state index in [0.717, 1.165) is 0 Å². The summed E-state index contributed by atoms with van der Waals surface area (Å²) in [6.07, 6.45) is 0.308. The van der Waals surface area contributed by atoms with Crippen molar-refractivity contribution in [1.82, 2.24) is 4.90 Å². The molecule has 98 valence electrons. The van der Waals surface area contributed by atoms with Gasteiger partial charge in [0.1, 0.15) is 5.60 Å². The van der Waals surface area contributed by atoms with Crippen molar-refractivity contribution >= 4 is 12.0 Å². The minimum absolute atomic E-state index is 0.0915. The molecule has 1 saturated heterocycles. The van der Waals surface area contributed by atoms with Crippen molar-refractivity contribution in [3.8, 4) is 0 Å². The van der Waals surface area contributed by atoms with Gasteiger partial charge in [0.25, 0.3) is 0 Å². The van der Waals surface area contributed by atoms with Crippen molar-refractivity contribution in [3.63, 3.8) is 0 Å². The van der Waals surface area contributed by atoms with E-state index < -0.39 is 5.60 Å². The number of piperidine rings is 1. The number of nitrogens with two attached hydrogens (primary N) is 1. The first-order valence-electron chi connectivity index (χ1n) is 5.98. The summed E-state index contributed by atoms with van der Waals surface area (Å²) in [5.74, 6) is -0.316. The molecule has 2 atom stereocenters. The highest BCUT2D eigenvalue weighted by atomic mass is 16.6. The molecule has 0 spiro atoms. The molecule has 1 aliphatic rings.